The number of hydrogen-bond donors (Lipinski definition) is 2. The Bertz CT molecular complexity index is 314. The lowest BCUT2D eigenvalue weighted by Gasteiger charge is -2.19. The van der Waals surface area contributed by atoms with Gasteiger partial charge in [-0.15, -0.1) is 0 Å². The molecule has 2 rings (SSSR count). The lowest BCUT2D eigenvalue weighted by molar-refractivity contribution is 0.123. The van der Waals surface area contributed by atoms with Crippen LogP contribution >= 0.6 is 0 Å². The maximum absolute atomic E-state index is 9.85. The Hall–Kier alpha value is -1.04. The van der Waals surface area contributed by atoms with Gasteiger partial charge in [-0.1, -0.05) is 0 Å². The third kappa shape index (κ3) is 4.38. The second-order valence-electron chi connectivity index (χ2n) is 4.49. The van der Waals surface area contributed by atoms with E-state index in [4.69, 9.17) is 0 Å². The number of β-amino-alcohol motifs (C(OH)–C–C–N with tert-alkyl or cyclic N) is 1. The third-order valence-electron chi connectivity index (χ3n) is 3.00. The molecule has 0 aromatic carbocycles. The van der Waals surface area contributed by atoms with E-state index in [0.29, 0.717) is 13.1 Å². The van der Waals surface area contributed by atoms with Crippen LogP contribution < -0.4 is 5.32 Å². The molecule has 1 aromatic rings. The molecule has 1 aliphatic rings. The molecule has 2 heterocycles. The van der Waals surface area contributed by atoms with Crippen LogP contribution in [0.1, 0.15) is 18.5 Å². The van der Waals surface area contributed by atoms with Crippen molar-refractivity contribution in [3.63, 3.8) is 0 Å². The Balaban J connectivity index is 1.61. The molecule has 1 aromatic heterocycles. The summed E-state index contributed by atoms with van der Waals surface area (Å²) in [6.45, 7) is 4.32. The van der Waals surface area contributed by atoms with Crippen LogP contribution in [0.5, 0.6) is 0 Å². The van der Waals surface area contributed by atoms with Gasteiger partial charge in [-0.25, -0.2) is 9.97 Å². The van der Waals surface area contributed by atoms with Crippen molar-refractivity contribution < 1.29 is 5.11 Å². The van der Waals surface area contributed by atoms with Crippen molar-refractivity contribution in [2.24, 2.45) is 0 Å². The van der Waals surface area contributed by atoms with Gasteiger partial charge in [-0.05, 0) is 32.0 Å². The normalized spacial score (nSPS) is 18.4. The Morgan fingerprint density at radius 1 is 1.41 bits per heavy atom. The van der Waals surface area contributed by atoms with Crippen LogP contribution in [0, 0.1) is 0 Å². The van der Waals surface area contributed by atoms with Gasteiger partial charge in [0.25, 0.3) is 0 Å². The van der Waals surface area contributed by atoms with Crippen LogP contribution in [-0.2, 0) is 6.54 Å². The predicted octanol–water partition coefficient (Wildman–Crippen LogP) is 0.0229. The third-order valence-corrected chi connectivity index (χ3v) is 3.00. The van der Waals surface area contributed by atoms with Crippen molar-refractivity contribution in [1.82, 2.24) is 20.2 Å². The van der Waals surface area contributed by atoms with Crippen LogP contribution in [-0.4, -0.2) is 52.3 Å². The average molecular weight is 236 g/mol. The first-order valence-electron chi connectivity index (χ1n) is 6.20. The fraction of sp³-hybridized carbons (Fsp3) is 0.667. The molecule has 0 aliphatic carbocycles. The molecular formula is C12H20N4O. The molecule has 0 amide bonds. The predicted molar refractivity (Wildman–Crippen MR) is 65.4 cm³/mol. The van der Waals surface area contributed by atoms with Gasteiger partial charge in [0, 0.05) is 25.8 Å². The van der Waals surface area contributed by atoms with E-state index in [0.717, 1.165) is 25.3 Å². The summed E-state index contributed by atoms with van der Waals surface area (Å²) >= 11 is 0. The summed E-state index contributed by atoms with van der Waals surface area (Å²) in [5.74, 6) is 0. The lowest BCUT2D eigenvalue weighted by Crippen LogP contribution is -2.36. The molecule has 5 nitrogen and oxygen atoms in total. The molecule has 0 saturated carbocycles. The minimum Gasteiger partial charge on any atom is -0.390 e. The van der Waals surface area contributed by atoms with E-state index in [1.807, 2.05) is 6.07 Å². The van der Waals surface area contributed by atoms with Gasteiger partial charge in [0.15, 0.2) is 0 Å². The number of aromatic nitrogens is 2. The quantitative estimate of drug-likeness (QED) is 0.729. The van der Waals surface area contributed by atoms with Gasteiger partial charge in [-0.2, -0.15) is 0 Å². The van der Waals surface area contributed by atoms with E-state index >= 15 is 0 Å². The van der Waals surface area contributed by atoms with Crippen LogP contribution in [0.25, 0.3) is 0 Å². The van der Waals surface area contributed by atoms with E-state index < -0.39 is 0 Å². The van der Waals surface area contributed by atoms with Crippen molar-refractivity contribution in [1.29, 1.82) is 0 Å². The Kier molecular flexibility index (Phi) is 4.85. The molecule has 1 saturated heterocycles. The zero-order valence-electron chi connectivity index (χ0n) is 10.0. The molecule has 0 radical (unpaired) electrons. The van der Waals surface area contributed by atoms with E-state index in [9.17, 15) is 5.11 Å². The summed E-state index contributed by atoms with van der Waals surface area (Å²) in [4.78, 5) is 10.3. The number of likely N-dealkylation sites (tertiary alicyclic amines) is 1. The number of aliphatic hydroxyl groups is 1. The molecule has 1 unspecified atom stereocenters. The highest BCUT2D eigenvalue weighted by Gasteiger charge is 2.15. The van der Waals surface area contributed by atoms with Gasteiger partial charge >= 0.3 is 0 Å². The van der Waals surface area contributed by atoms with Crippen LogP contribution in [0.15, 0.2) is 18.6 Å². The molecule has 0 bridgehead atoms. The van der Waals surface area contributed by atoms with Gasteiger partial charge in [0.1, 0.15) is 6.33 Å². The number of rotatable bonds is 6. The maximum atomic E-state index is 9.85. The molecule has 1 atom stereocenters. The lowest BCUT2D eigenvalue weighted by atomic mass is 10.3. The highest BCUT2D eigenvalue weighted by Crippen LogP contribution is 2.07. The number of nitrogens with zero attached hydrogens (tertiary/aromatic N) is 3. The van der Waals surface area contributed by atoms with E-state index in [1.54, 1.807) is 6.20 Å². The number of hydrogen-bond acceptors (Lipinski definition) is 5. The molecule has 94 valence electrons. The highest BCUT2D eigenvalue weighted by molar-refractivity contribution is 4.96. The Labute approximate surface area is 102 Å². The van der Waals surface area contributed by atoms with Crippen molar-refractivity contribution in [3.05, 3.63) is 24.3 Å². The van der Waals surface area contributed by atoms with Crippen LogP contribution in [0.2, 0.25) is 0 Å². The summed E-state index contributed by atoms with van der Waals surface area (Å²) in [7, 11) is 0. The fourth-order valence-corrected chi connectivity index (χ4v) is 2.12. The Morgan fingerprint density at radius 3 is 2.94 bits per heavy atom. The molecule has 17 heavy (non-hydrogen) atoms. The summed E-state index contributed by atoms with van der Waals surface area (Å²) < 4.78 is 0. The first-order valence-corrected chi connectivity index (χ1v) is 6.20. The summed E-state index contributed by atoms with van der Waals surface area (Å²) in [5, 5.41) is 13.1. The van der Waals surface area contributed by atoms with Gasteiger partial charge < -0.3 is 15.3 Å². The smallest absolute Gasteiger partial charge is 0.115 e. The van der Waals surface area contributed by atoms with E-state index in [2.05, 4.69) is 20.2 Å². The van der Waals surface area contributed by atoms with E-state index in [-0.39, 0.29) is 6.10 Å². The molecule has 2 N–H and O–H groups in total. The van der Waals surface area contributed by atoms with Gasteiger partial charge in [0.2, 0.25) is 0 Å². The van der Waals surface area contributed by atoms with E-state index in [1.165, 1.54) is 19.2 Å². The zero-order chi connectivity index (χ0) is 11.9. The average Bonchev–Trinajstić information content (AvgIpc) is 2.83. The molecular weight excluding hydrogens is 216 g/mol. The van der Waals surface area contributed by atoms with Crippen LogP contribution in [0.3, 0.4) is 0 Å². The topological polar surface area (TPSA) is 61.3 Å². The number of nitrogens with one attached hydrogen (secondary N) is 1. The fourth-order valence-electron chi connectivity index (χ4n) is 2.12. The monoisotopic (exact) mass is 236 g/mol. The van der Waals surface area contributed by atoms with Gasteiger partial charge in [0.05, 0.1) is 11.8 Å². The maximum Gasteiger partial charge on any atom is 0.115 e. The minimum absolute atomic E-state index is 0.296. The number of aliphatic hydroxyl groups excluding tert-OH is 1. The standard InChI is InChI=1S/C12H20N4O/c17-12(9-16-5-1-2-6-16)8-14-7-11-3-4-13-10-15-11/h3-4,10,12,14,17H,1-2,5-9H2. The molecule has 1 aliphatic heterocycles. The zero-order valence-corrected chi connectivity index (χ0v) is 10.0. The molecule has 1 fully saturated rings. The van der Waals surface area contributed by atoms with Crippen LogP contribution in [0.4, 0.5) is 0 Å². The summed E-state index contributed by atoms with van der Waals surface area (Å²) in [5.41, 5.74) is 0.952. The largest absolute Gasteiger partial charge is 0.390 e. The second-order valence-corrected chi connectivity index (χ2v) is 4.49. The van der Waals surface area contributed by atoms with Crippen molar-refractivity contribution >= 4 is 0 Å². The second kappa shape index (κ2) is 6.64. The van der Waals surface area contributed by atoms with Crippen molar-refractivity contribution in [2.75, 3.05) is 26.2 Å². The van der Waals surface area contributed by atoms with Crippen molar-refractivity contribution in [2.45, 2.75) is 25.5 Å². The molecule has 0 spiro atoms. The first-order chi connectivity index (χ1) is 8.34. The Morgan fingerprint density at radius 2 is 2.24 bits per heavy atom. The molecule has 5 heteroatoms. The minimum atomic E-state index is -0.296. The summed E-state index contributed by atoms with van der Waals surface area (Å²) in [6, 6.07) is 1.87. The highest BCUT2D eigenvalue weighted by atomic mass is 16.3. The first kappa shape index (κ1) is 12.4. The summed E-state index contributed by atoms with van der Waals surface area (Å²) in [6.07, 6.45) is 5.50. The van der Waals surface area contributed by atoms with Gasteiger partial charge in [-0.3, -0.25) is 0 Å². The van der Waals surface area contributed by atoms with Crippen molar-refractivity contribution in [3.8, 4) is 0 Å². The SMILES string of the molecule is OC(CNCc1ccncn1)CN1CCCC1.